The van der Waals surface area contributed by atoms with Crippen LogP contribution in [0.4, 0.5) is 0 Å². The number of unbranched alkanes of at least 4 members (excludes halogenated alkanes) is 1. The second kappa shape index (κ2) is 8.97. The molecule has 0 spiro atoms. The first kappa shape index (κ1) is 15.9. The molecule has 0 aliphatic carbocycles. The highest BCUT2D eigenvalue weighted by molar-refractivity contribution is 4.89. The molecule has 0 radical (unpaired) electrons. The summed E-state index contributed by atoms with van der Waals surface area (Å²) in [5.74, 6) is 0.717. The largest absolute Gasteiger partial charge is 0.396 e. The molecule has 3 heteroatoms. The van der Waals surface area contributed by atoms with Gasteiger partial charge in [-0.05, 0) is 38.1 Å². The fourth-order valence-corrected chi connectivity index (χ4v) is 2.04. The number of rotatable bonds is 10. The molecule has 98 valence electrons. The van der Waals surface area contributed by atoms with E-state index in [1.807, 2.05) is 0 Å². The van der Waals surface area contributed by atoms with E-state index in [4.69, 9.17) is 10.8 Å². The van der Waals surface area contributed by atoms with Crippen molar-refractivity contribution in [1.82, 2.24) is 5.32 Å². The Kier molecular flexibility index (Phi) is 8.90. The van der Waals surface area contributed by atoms with E-state index in [0.29, 0.717) is 12.5 Å². The Morgan fingerprint density at radius 1 is 1.31 bits per heavy atom. The lowest BCUT2D eigenvalue weighted by Crippen LogP contribution is -2.52. The van der Waals surface area contributed by atoms with E-state index in [1.54, 1.807) is 0 Å². The van der Waals surface area contributed by atoms with E-state index >= 15 is 0 Å². The summed E-state index contributed by atoms with van der Waals surface area (Å²) in [5, 5.41) is 12.3. The maximum absolute atomic E-state index is 8.74. The minimum Gasteiger partial charge on any atom is -0.396 e. The number of hydrogen-bond acceptors (Lipinski definition) is 3. The normalized spacial score (nSPS) is 17.1. The molecule has 0 bridgehead atoms. The van der Waals surface area contributed by atoms with Crippen molar-refractivity contribution >= 4 is 0 Å². The molecule has 0 saturated heterocycles. The third-order valence-electron chi connectivity index (χ3n) is 3.59. The van der Waals surface area contributed by atoms with Gasteiger partial charge in [0, 0.05) is 18.7 Å². The quantitative estimate of drug-likeness (QED) is 0.502. The number of aliphatic hydroxyl groups is 1. The topological polar surface area (TPSA) is 58.3 Å². The SMILES string of the molecule is CCC(C)CC(CC)(CN)NCCCCO. The molecule has 4 N–H and O–H groups in total. The fraction of sp³-hybridized carbons (Fsp3) is 1.00. The number of hydrogen-bond donors (Lipinski definition) is 3. The maximum Gasteiger partial charge on any atom is 0.0431 e. The van der Waals surface area contributed by atoms with Crippen LogP contribution in [0.25, 0.3) is 0 Å². The standard InChI is InChI=1S/C13H30N2O/c1-4-12(3)10-13(5-2,11-14)15-8-6-7-9-16/h12,15-16H,4-11,14H2,1-3H3. The van der Waals surface area contributed by atoms with Gasteiger partial charge in [-0.15, -0.1) is 0 Å². The van der Waals surface area contributed by atoms with Gasteiger partial charge in [-0.25, -0.2) is 0 Å². The lowest BCUT2D eigenvalue weighted by atomic mass is 9.84. The van der Waals surface area contributed by atoms with Crippen molar-refractivity contribution in [2.45, 2.75) is 58.4 Å². The summed E-state index contributed by atoms with van der Waals surface area (Å²) in [6.45, 7) is 8.67. The average molecular weight is 230 g/mol. The zero-order valence-electron chi connectivity index (χ0n) is 11.3. The van der Waals surface area contributed by atoms with E-state index in [-0.39, 0.29) is 12.1 Å². The summed E-state index contributed by atoms with van der Waals surface area (Å²) < 4.78 is 0. The van der Waals surface area contributed by atoms with Crippen LogP contribution >= 0.6 is 0 Å². The molecular formula is C13H30N2O. The van der Waals surface area contributed by atoms with E-state index in [9.17, 15) is 0 Å². The van der Waals surface area contributed by atoms with Crippen LogP contribution in [-0.4, -0.2) is 30.3 Å². The van der Waals surface area contributed by atoms with Crippen LogP contribution in [0.5, 0.6) is 0 Å². The van der Waals surface area contributed by atoms with Crippen LogP contribution in [-0.2, 0) is 0 Å². The van der Waals surface area contributed by atoms with Gasteiger partial charge < -0.3 is 16.2 Å². The second-order valence-electron chi connectivity index (χ2n) is 4.91. The Labute approximate surface area is 101 Å². The first-order valence-electron chi connectivity index (χ1n) is 6.70. The molecule has 0 rings (SSSR count). The Morgan fingerprint density at radius 3 is 2.44 bits per heavy atom. The molecule has 3 nitrogen and oxygen atoms in total. The molecule has 16 heavy (non-hydrogen) atoms. The molecule has 0 aromatic carbocycles. The Hall–Kier alpha value is -0.120. The zero-order chi connectivity index (χ0) is 12.4. The molecule has 0 aliphatic heterocycles. The minimum absolute atomic E-state index is 0.102. The summed E-state index contributed by atoms with van der Waals surface area (Å²) in [5.41, 5.74) is 6.03. The first-order valence-corrected chi connectivity index (χ1v) is 6.70. The molecular weight excluding hydrogens is 200 g/mol. The van der Waals surface area contributed by atoms with Crippen molar-refractivity contribution in [1.29, 1.82) is 0 Å². The lowest BCUT2D eigenvalue weighted by molar-refractivity contribution is 0.243. The van der Waals surface area contributed by atoms with Crippen molar-refractivity contribution in [2.24, 2.45) is 11.7 Å². The van der Waals surface area contributed by atoms with Gasteiger partial charge in [-0.1, -0.05) is 27.2 Å². The Bertz CT molecular complexity index is 158. The highest BCUT2D eigenvalue weighted by atomic mass is 16.2. The van der Waals surface area contributed by atoms with Gasteiger partial charge in [0.1, 0.15) is 0 Å². The number of aliphatic hydroxyl groups excluding tert-OH is 1. The first-order chi connectivity index (χ1) is 7.64. The third-order valence-corrected chi connectivity index (χ3v) is 3.59. The van der Waals surface area contributed by atoms with E-state index in [1.165, 1.54) is 6.42 Å². The van der Waals surface area contributed by atoms with Crippen molar-refractivity contribution in [3.8, 4) is 0 Å². The predicted octanol–water partition coefficient (Wildman–Crippen LogP) is 1.89. The molecule has 0 aromatic rings. The van der Waals surface area contributed by atoms with Gasteiger partial charge in [0.05, 0.1) is 0 Å². The Balaban J connectivity index is 4.10. The van der Waals surface area contributed by atoms with Crippen LogP contribution in [0.2, 0.25) is 0 Å². The highest BCUT2D eigenvalue weighted by Gasteiger charge is 2.27. The van der Waals surface area contributed by atoms with Crippen LogP contribution in [0.3, 0.4) is 0 Å². The van der Waals surface area contributed by atoms with Crippen LogP contribution in [0.15, 0.2) is 0 Å². The third kappa shape index (κ3) is 5.83. The minimum atomic E-state index is 0.102. The van der Waals surface area contributed by atoms with Crippen molar-refractivity contribution in [2.75, 3.05) is 19.7 Å². The second-order valence-corrected chi connectivity index (χ2v) is 4.91. The highest BCUT2D eigenvalue weighted by Crippen LogP contribution is 2.21. The van der Waals surface area contributed by atoms with Crippen molar-refractivity contribution in [3.63, 3.8) is 0 Å². The lowest BCUT2D eigenvalue weighted by Gasteiger charge is -2.35. The van der Waals surface area contributed by atoms with Crippen molar-refractivity contribution in [3.05, 3.63) is 0 Å². The summed E-state index contributed by atoms with van der Waals surface area (Å²) >= 11 is 0. The van der Waals surface area contributed by atoms with Crippen LogP contribution in [0, 0.1) is 5.92 Å². The molecule has 0 amide bonds. The molecule has 2 atom stereocenters. The van der Waals surface area contributed by atoms with Crippen LogP contribution in [0.1, 0.15) is 52.9 Å². The monoisotopic (exact) mass is 230 g/mol. The summed E-state index contributed by atoms with van der Waals surface area (Å²) in [7, 11) is 0. The van der Waals surface area contributed by atoms with Gasteiger partial charge in [0.15, 0.2) is 0 Å². The van der Waals surface area contributed by atoms with Gasteiger partial charge in [-0.3, -0.25) is 0 Å². The fourth-order valence-electron chi connectivity index (χ4n) is 2.04. The number of nitrogens with two attached hydrogens (primary N) is 1. The van der Waals surface area contributed by atoms with E-state index in [2.05, 4.69) is 26.1 Å². The van der Waals surface area contributed by atoms with Crippen molar-refractivity contribution < 1.29 is 5.11 Å². The summed E-state index contributed by atoms with van der Waals surface area (Å²) in [4.78, 5) is 0. The average Bonchev–Trinajstić information content (AvgIpc) is 2.33. The van der Waals surface area contributed by atoms with Gasteiger partial charge in [-0.2, -0.15) is 0 Å². The Morgan fingerprint density at radius 2 is 2.00 bits per heavy atom. The van der Waals surface area contributed by atoms with E-state index < -0.39 is 0 Å². The smallest absolute Gasteiger partial charge is 0.0431 e. The molecule has 0 heterocycles. The van der Waals surface area contributed by atoms with Gasteiger partial charge >= 0.3 is 0 Å². The van der Waals surface area contributed by atoms with Crippen LogP contribution < -0.4 is 11.1 Å². The maximum atomic E-state index is 8.74. The molecule has 0 aromatic heterocycles. The summed E-state index contributed by atoms with van der Waals surface area (Å²) in [6.07, 6.45) is 5.34. The van der Waals surface area contributed by atoms with E-state index in [0.717, 1.165) is 32.2 Å². The van der Waals surface area contributed by atoms with Gasteiger partial charge in [0.25, 0.3) is 0 Å². The zero-order valence-corrected chi connectivity index (χ0v) is 11.3. The molecule has 0 fully saturated rings. The predicted molar refractivity (Wildman–Crippen MR) is 70.5 cm³/mol. The molecule has 0 aliphatic rings. The summed E-state index contributed by atoms with van der Waals surface area (Å²) in [6, 6.07) is 0. The number of nitrogens with one attached hydrogen (secondary N) is 1. The molecule has 2 unspecified atom stereocenters. The molecule has 0 saturated carbocycles. The van der Waals surface area contributed by atoms with Gasteiger partial charge in [0.2, 0.25) is 0 Å².